The van der Waals surface area contributed by atoms with Crippen LogP contribution < -0.4 is 10.5 Å². The summed E-state index contributed by atoms with van der Waals surface area (Å²) in [5, 5.41) is 1.16. The highest BCUT2D eigenvalue weighted by Crippen LogP contribution is 2.29. The molecule has 3 heterocycles. The molecule has 5 rings (SSSR count). The molecule has 2 N–H and O–H groups in total. The lowest BCUT2D eigenvalue weighted by Gasteiger charge is -2.33. The standard InChI is InChI=1S/C30H40N4O3/c1-36-29-7-4-23(3-2-12-32-17-19-37-20-18-32)21-25(29)8-13-33-14-10-27(11-15-33)34-16-9-24-5-6-26(30(31)35)22-28(24)34/h4-7,9,16,21-22,27H,2-3,8,10-15,17-20H2,1H3,(H2,31,35). The number of morpholine rings is 1. The summed E-state index contributed by atoms with van der Waals surface area (Å²) >= 11 is 0. The van der Waals surface area contributed by atoms with E-state index in [0.29, 0.717) is 11.6 Å². The number of aryl methyl sites for hydroxylation is 1. The summed E-state index contributed by atoms with van der Waals surface area (Å²) in [6.45, 7) is 8.16. The van der Waals surface area contributed by atoms with Gasteiger partial charge in [0.2, 0.25) is 5.91 Å². The number of primary amides is 1. The molecule has 0 saturated carbocycles. The minimum Gasteiger partial charge on any atom is -0.496 e. The quantitative estimate of drug-likeness (QED) is 0.454. The number of nitrogens with two attached hydrogens (primary N) is 1. The van der Waals surface area contributed by atoms with Gasteiger partial charge in [-0.15, -0.1) is 0 Å². The van der Waals surface area contributed by atoms with Crippen molar-refractivity contribution in [3.8, 4) is 5.75 Å². The number of amides is 1. The van der Waals surface area contributed by atoms with Crippen LogP contribution in [0, 0.1) is 0 Å². The molecule has 0 unspecified atom stereocenters. The van der Waals surface area contributed by atoms with E-state index in [4.69, 9.17) is 15.2 Å². The highest BCUT2D eigenvalue weighted by atomic mass is 16.5. The van der Waals surface area contributed by atoms with Crippen LogP contribution in [0.3, 0.4) is 0 Å². The molecule has 0 radical (unpaired) electrons. The van der Waals surface area contributed by atoms with Gasteiger partial charge in [-0.25, -0.2) is 0 Å². The van der Waals surface area contributed by atoms with Gasteiger partial charge in [0, 0.05) is 56.0 Å². The minimum atomic E-state index is -0.374. The summed E-state index contributed by atoms with van der Waals surface area (Å²) in [5.41, 5.74) is 9.90. The Balaban J connectivity index is 1.14. The van der Waals surface area contributed by atoms with Crippen LogP contribution in [0.1, 0.15) is 46.8 Å². The molecule has 198 valence electrons. The smallest absolute Gasteiger partial charge is 0.248 e. The number of methoxy groups -OCH3 is 1. The molecule has 2 aliphatic heterocycles. The second kappa shape index (κ2) is 12.1. The molecule has 0 atom stereocenters. The number of likely N-dealkylation sites (tertiary alicyclic amines) is 1. The van der Waals surface area contributed by atoms with Gasteiger partial charge in [0.1, 0.15) is 5.75 Å². The largest absolute Gasteiger partial charge is 0.496 e. The summed E-state index contributed by atoms with van der Waals surface area (Å²) < 4.78 is 13.5. The molecule has 2 fully saturated rings. The SMILES string of the molecule is COc1ccc(CCCN2CCOCC2)cc1CCN1CCC(n2ccc3ccc(C(N)=O)cc32)CC1. The van der Waals surface area contributed by atoms with Crippen LogP contribution in [0.25, 0.3) is 10.9 Å². The summed E-state index contributed by atoms with van der Waals surface area (Å²) in [5.74, 6) is 0.622. The first-order valence-electron chi connectivity index (χ1n) is 13.7. The lowest BCUT2D eigenvalue weighted by Crippen LogP contribution is -2.36. The van der Waals surface area contributed by atoms with Crippen LogP contribution in [-0.2, 0) is 17.6 Å². The number of carbonyl (C=O) groups is 1. The summed E-state index contributed by atoms with van der Waals surface area (Å²) in [7, 11) is 1.77. The molecule has 3 aromatic rings. The summed E-state index contributed by atoms with van der Waals surface area (Å²) in [4.78, 5) is 16.7. The monoisotopic (exact) mass is 504 g/mol. The first-order valence-corrected chi connectivity index (χ1v) is 13.7. The van der Waals surface area contributed by atoms with Crippen LogP contribution in [0.4, 0.5) is 0 Å². The van der Waals surface area contributed by atoms with E-state index < -0.39 is 0 Å². The third-order valence-corrected chi connectivity index (χ3v) is 8.04. The van der Waals surface area contributed by atoms with Crippen molar-refractivity contribution in [3.05, 3.63) is 65.4 Å². The molecule has 1 amide bonds. The van der Waals surface area contributed by atoms with Crippen molar-refractivity contribution in [1.82, 2.24) is 14.4 Å². The Hall–Kier alpha value is -2.87. The van der Waals surface area contributed by atoms with Gasteiger partial charge in [-0.3, -0.25) is 9.69 Å². The lowest BCUT2D eigenvalue weighted by atomic mass is 10.0. The second-order valence-corrected chi connectivity index (χ2v) is 10.4. The van der Waals surface area contributed by atoms with Crippen molar-refractivity contribution >= 4 is 16.8 Å². The molecule has 2 saturated heterocycles. The predicted molar refractivity (Wildman–Crippen MR) is 147 cm³/mol. The molecule has 0 aliphatic carbocycles. The number of hydrogen-bond acceptors (Lipinski definition) is 5. The predicted octanol–water partition coefficient (Wildman–Crippen LogP) is 3.89. The van der Waals surface area contributed by atoms with E-state index in [1.807, 2.05) is 18.2 Å². The molecule has 1 aromatic heterocycles. The number of fused-ring (bicyclic) bond motifs is 1. The van der Waals surface area contributed by atoms with E-state index in [0.717, 1.165) is 94.8 Å². The Morgan fingerprint density at radius 3 is 2.51 bits per heavy atom. The molecule has 0 spiro atoms. The molecular weight excluding hydrogens is 464 g/mol. The first kappa shape index (κ1) is 25.8. The fourth-order valence-corrected chi connectivity index (χ4v) is 5.83. The van der Waals surface area contributed by atoms with E-state index in [1.54, 1.807) is 7.11 Å². The third kappa shape index (κ3) is 6.35. The first-order chi connectivity index (χ1) is 18.1. The average molecular weight is 505 g/mol. The van der Waals surface area contributed by atoms with Crippen molar-refractivity contribution in [2.24, 2.45) is 5.73 Å². The number of benzene rings is 2. The van der Waals surface area contributed by atoms with Gasteiger partial charge in [0.05, 0.1) is 20.3 Å². The Labute approximate surface area is 220 Å². The Morgan fingerprint density at radius 1 is 0.973 bits per heavy atom. The van der Waals surface area contributed by atoms with Crippen molar-refractivity contribution in [2.75, 3.05) is 59.6 Å². The average Bonchev–Trinajstić information content (AvgIpc) is 3.36. The van der Waals surface area contributed by atoms with Gasteiger partial charge in [-0.05, 0) is 79.4 Å². The van der Waals surface area contributed by atoms with Gasteiger partial charge in [-0.1, -0.05) is 18.2 Å². The zero-order chi connectivity index (χ0) is 25.6. The van der Waals surface area contributed by atoms with E-state index in [2.05, 4.69) is 44.8 Å². The molecule has 37 heavy (non-hydrogen) atoms. The van der Waals surface area contributed by atoms with E-state index in [9.17, 15) is 4.79 Å². The Kier molecular flexibility index (Phi) is 8.44. The van der Waals surface area contributed by atoms with E-state index >= 15 is 0 Å². The van der Waals surface area contributed by atoms with Gasteiger partial charge < -0.3 is 24.7 Å². The van der Waals surface area contributed by atoms with Crippen LogP contribution in [-0.4, -0.2) is 79.9 Å². The molecular formula is C30H40N4O3. The van der Waals surface area contributed by atoms with Crippen LogP contribution >= 0.6 is 0 Å². The third-order valence-electron chi connectivity index (χ3n) is 8.04. The second-order valence-electron chi connectivity index (χ2n) is 10.4. The van der Waals surface area contributed by atoms with E-state index in [1.165, 1.54) is 17.5 Å². The number of piperidine rings is 1. The lowest BCUT2D eigenvalue weighted by molar-refractivity contribution is 0.0374. The number of rotatable bonds is 10. The highest BCUT2D eigenvalue weighted by molar-refractivity contribution is 5.97. The van der Waals surface area contributed by atoms with E-state index in [-0.39, 0.29) is 5.91 Å². The van der Waals surface area contributed by atoms with Crippen molar-refractivity contribution in [2.45, 2.75) is 38.1 Å². The molecule has 2 aromatic carbocycles. The normalized spacial score (nSPS) is 17.9. The van der Waals surface area contributed by atoms with Crippen molar-refractivity contribution < 1.29 is 14.3 Å². The van der Waals surface area contributed by atoms with Crippen LogP contribution in [0.15, 0.2) is 48.7 Å². The number of carbonyl (C=O) groups excluding carboxylic acids is 1. The van der Waals surface area contributed by atoms with Gasteiger partial charge >= 0.3 is 0 Å². The molecule has 2 aliphatic rings. The summed E-state index contributed by atoms with van der Waals surface area (Å²) in [6, 6.07) is 15.0. The number of ether oxygens (including phenoxy) is 2. The van der Waals surface area contributed by atoms with Gasteiger partial charge in [0.15, 0.2) is 0 Å². The van der Waals surface area contributed by atoms with Crippen LogP contribution in [0.2, 0.25) is 0 Å². The van der Waals surface area contributed by atoms with Crippen molar-refractivity contribution in [3.63, 3.8) is 0 Å². The molecule has 7 nitrogen and oxygen atoms in total. The molecule has 0 bridgehead atoms. The maximum Gasteiger partial charge on any atom is 0.248 e. The van der Waals surface area contributed by atoms with Gasteiger partial charge in [-0.2, -0.15) is 0 Å². The maximum atomic E-state index is 11.7. The highest BCUT2D eigenvalue weighted by Gasteiger charge is 2.22. The van der Waals surface area contributed by atoms with Crippen molar-refractivity contribution in [1.29, 1.82) is 0 Å². The fourth-order valence-electron chi connectivity index (χ4n) is 5.83. The zero-order valence-electron chi connectivity index (χ0n) is 22.0. The molecule has 7 heteroatoms. The maximum absolute atomic E-state index is 11.7. The Morgan fingerprint density at radius 2 is 1.76 bits per heavy atom. The number of aromatic nitrogens is 1. The number of hydrogen-bond donors (Lipinski definition) is 1. The van der Waals surface area contributed by atoms with Gasteiger partial charge in [0.25, 0.3) is 0 Å². The number of nitrogens with zero attached hydrogens (tertiary/aromatic N) is 3. The summed E-state index contributed by atoms with van der Waals surface area (Å²) in [6.07, 6.45) is 7.63. The zero-order valence-corrected chi connectivity index (χ0v) is 22.0. The fraction of sp³-hybridized carbons (Fsp3) is 0.500. The topological polar surface area (TPSA) is 73.0 Å². The van der Waals surface area contributed by atoms with Crippen LogP contribution in [0.5, 0.6) is 5.75 Å². The minimum absolute atomic E-state index is 0.374. The Bertz CT molecular complexity index is 1190.